The minimum Gasteiger partial charge on any atom is -0.351 e. The monoisotopic (exact) mass is 365 g/mol. The zero-order valence-corrected chi connectivity index (χ0v) is 15.8. The molecule has 0 bridgehead atoms. The quantitative estimate of drug-likeness (QED) is 0.742. The summed E-state index contributed by atoms with van der Waals surface area (Å²) >= 11 is 1.75. The number of nitrogens with zero attached hydrogens (tertiary/aromatic N) is 2. The van der Waals surface area contributed by atoms with Crippen molar-refractivity contribution in [2.45, 2.75) is 32.4 Å². The van der Waals surface area contributed by atoms with Crippen LogP contribution in [-0.2, 0) is 11.3 Å². The van der Waals surface area contributed by atoms with Gasteiger partial charge < -0.3 is 5.32 Å². The Balaban J connectivity index is 1.38. The lowest BCUT2D eigenvalue weighted by molar-refractivity contribution is -0.122. The van der Waals surface area contributed by atoms with Gasteiger partial charge in [-0.25, -0.2) is 4.98 Å². The minimum atomic E-state index is 0.0820. The van der Waals surface area contributed by atoms with Crippen molar-refractivity contribution in [3.8, 4) is 0 Å². The molecule has 134 valence electrons. The van der Waals surface area contributed by atoms with Crippen LogP contribution in [0.1, 0.15) is 35.0 Å². The van der Waals surface area contributed by atoms with Crippen LogP contribution in [0.2, 0.25) is 0 Å². The first-order valence-corrected chi connectivity index (χ1v) is 9.92. The number of nitrogens with one attached hydrogen (secondary N) is 1. The molecule has 1 aliphatic heterocycles. The van der Waals surface area contributed by atoms with E-state index < -0.39 is 0 Å². The van der Waals surface area contributed by atoms with Crippen LogP contribution in [0.3, 0.4) is 0 Å². The van der Waals surface area contributed by atoms with Crippen LogP contribution < -0.4 is 5.32 Å². The second kappa shape index (κ2) is 7.56. The van der Waals surface area contributed by atoms with E-state index in [1.54, 1.807) is 11.3 Å². The average molecular weight is 366 g/mol. The highest BCUT2D eigenvalue weighted by Gasteiger charge is 2.29. The third kappa shape index (κ3) is 3.79. The highest BCUT2D eigenvalue weighted by Crippen LogP contribution is 2.36. The summed E-state index contributed by atoms with van der Waals surface area (Å²) in [6.45, 7) is 4.04. The number of carbonyl (C=O) groups is 1. The lowest BCUT2D eigenvalue weighted by Gasteiger charge is -2.22. The molecular formula is C21H23N3OS. The van der Waals surface area contributed by atoms with Gasteiger partial charge in [-0.15, -0.1) is 11.3 Å². The Bertz CT molecular complexity index is 870. The molecule has 5 heteroatoms. The molecule has 1 aromatic heterocycles. The summed E-state index contributed by atoms with van der Waals surface area (Å²) in [6, 6.07) is 16.8. The predicted molar refractivity (Wildman–Crippen MR) is 106 cm³/mol. The van der Waals surface area contributed by atoms with Gasteiger partial charge in [-0.3, -0.25) is 9.69 Å². The molecular weight excluding hydrogens is 342 g/mol. The molecule has 1 atom stereocenters. The highest BCUT2D eigenvalue weighted by molar-refractivity contribution is 7.18. The number of aromatic nitrogens is 1. The van der Waals surface area contributed by atoms with Crippen LogP contribution in [0, 0.1) is 6.92 Å². The maximum atomic E-state index is 12.4. The Morgan fingerprint density at radius 1 is 1.23 bits per heavy atom. The van der Waals surface area contributed by atoms with Gasteiger partial charge in [0, 0.05) is 6.54 Å². The minimum absolute atomic E-state index is 0.0820. The first kappa shape index (κ1) is 17.2. The standard InChI is InChI=1S/C21H23N3OS/c1-15-8-10-16(11-9-15)13-22-20(25)14-24-12-4-6-18(24)21-23-17-5-2-3-7-19(17)26-21/h2-3,5,7-11,18H,4,6,12-14H2,1H3,(H,22,25). The van der Waals surface area contributed by atoms with Crippen LogP contribution in [0.15, 0.2) is 48.5 Å². The first-order valence-electron chi connectivity index (χ1n) is 9.11. The molecule has 0 aliphatic carbocycles. The van der Waals surface area contributed by atoms with Gasteiger partial charge in [-0.05, 0) is 44.0 Å². The Kier molecular flexibility index (Phi) is 5.00. The molecule has 1 amide bonds. The fourth-order valence-electron chi connectivity index (χ4n) is 3.47. The van der Waals surface area contributed by atoms with E-state index in [4.69, 9.17) is 4.98 Å². The molecule has 2 aromatic carbocycles. The number of amides is 1. The zero-order chi connectivity index (χ0) is 17.9. The second-order valence-electron chi connectivity index (χ2n) is 6.91. The Morgan fingerprint density at radius 3 is 2.85 bits per heavy atom. The largest absolute Gasteiger partial charge is 0.351 e. The van der Waals surface area contributed by atoms with Gasteiger partial charge >= 0.3 is 0 Å². The van der Waals surface area contributed by atoms with Gasteiger partial charge in [0.2, 0.25) is 5.91 Å². The molecule has 0 spiro atoms. The number of hydrogen-bond acceptors (Lipinski definition) is 4. The van der Waals surface area contributed by atoms with Crippen molar-refractivity contribution in [3.63, 3.8) is 0 Å². The summed E-state index contributed by atoms with van der Waals surface area (Å²) in [5, 5.41) is 4.18. The van der Waals surface area contributed by atoms with Crippen LogP contribution in [0.25, 0.3) is 10.2 Å². The van der Waals surface area contributed by atoms with E-state index in [0.29, 0.717) is 13.1 Å². The van der Waals surface area contributed by atoms with E-state index >= 15 is 0 Å². The van der Waals surface area contributed by atoms with Crippen molar-refractivity contribution < 1.29 is 4.79 Å². The molecule has 26 heavy (non-hydrogen) atoms. The lowest BCUT2D eigenvalue weighted by Crippen LogP contribution is -2.36. The van der Waals surface area contributed by atoms with Crippen molar-refractivity contribution in [1.82, 2.24) is 15.2 Å². The molecule has 4 nitrogen and oxygen atoms in total. The molecule has 1 saturated heterocycles. The molecule has 1 N–H and O–H groups in total. The molecule has 1 aliphatic rings. The summed E-state index contributed by atoms with van der Waals surface area (Å²) in [4.78, 5) is 19.5. The summed E-state index contributed by atoms with van der Waals surface area (Å²) in [7, 11) is 0. The zero-order valence-electron chi connectivity index (χ0n) is 14.9. The summed E-state index contributed by atoms with van der Waals surface area (Å²) in [5.74, 6) is 0.0820. The number of fused-ring (bicyclic) bond motifs is 1. The Hall–Kier alpha value is -2.24. The van der Waals surface area contributed by atoms with E-state index in [-0.39, 0.29) is 11.9 Å². The fourth-order valence-corrected chi connectivity index (χ4v) is 4.61. The highest BCUT2D eigenvalue weighted by atomic mass is 32.1. The number of likely N-dealkylation sites (tertiary alicyclic amines) is 1. The Morgan fingerprint density at radius 2 is 2.04 bits per heavy atom. The number of aryl methyl sites for hydroxylation is 1. The number of rotatable bonds is 5. The van der Waals surface area contributed by atoms with Gasteiger partial charge in [-0.2, -0.15) is 0 Å². The van der Waals surface area contributed by atoms with Gasteiger partial charge in [-0.1, -0.05) is 42.0 Å². The average Bonchev–Trinajstić information content (AvgIpc) is 3.27. The molecule has 4 rings (SSSR count). The van der Waals surface area contributed by atoms with Gasteiger partial charge in [0.05, 0.1) is 22.8 Å². The number of para-hydroxylation sites is 1. The van der Waals surface area contributed by atoms with Gasteiger partial charge in [0.15, 0.2) is 0 Å². The van der Waals surface area contributed by atoms with Crippen LogP contribution in [0.4, 0.5) is 0 Å². The predicted octanol–water partition coefficient (Wildman–Crippen LogP) is 4.06. The van der Waals surface area contributed by atoms with E-state index in [2.05, 4.69) is 59.6 Å². The van der Waals surface area contributed by atoms with Crippen LogP contribution in [-0.4, -0.2) is 28.9 Å². The Labute approximate surface area is 157 Å². The molecule has 1 unspecified atom stereocenters. The SMILES string of the molecule is Cc1ccc(CNC(=O)CN2CCCC2c2nc3ccccc3s2)cc1. The maximum absolute atomic E-state index is 12.4. The molecule has 1 fully saturated rings. The number of thiazole rings is 1. The fraction of sp³-hybridized carbons (Fsp3) is 0.333. The van der Waals surface area contributed by atoms with E-state index in [9.17, 15) is 4.79 Å². The smallest absolute Gasteiger partial charge is 0.234 e. The van der Waals surface area contributed by atoms with E-state index in [1.165, 1.54) is 10.3 Å². The summed E-state index contributed by atoms with van der Waals surface area (Å²) < 4.78 is 1.22. The van der Waals surface area contributed by atoms with Gasteiger partial charge in [0.1, 0.15) is 5.01 Å². The third-order valence-electron chi connectivity index (χ3n) is 4.92. The molecule has 2 heterocycles. The molecule has 0 saturated carbocycles. The number of hydrogen-bond donors (Lipinski definition) is 1. The molecule has 0 radical (unpaired) electrons. The molecule has 3 aromatic rings. The van der Waals surface area contributed by atoms with Crippen LogP contribution >= 0.6 is 11.3 Å². The first-order chi connectivity index (χ1) is 12.7. The van der Waals surface area contributed by atoms with Crippen molar-refractivity contribution >= 4 is 27.5 Å². The topological polar surface area (TPSA) is 45.2 Å². The van der Waals surface area contributed by atoms with E-state index in [0.717, 1.165) is 35.5 Å². The summed E-state index contributed by atoms with van der Waals surface area (Å²) in [5.41, 5.74) is 3.42. The van der Waals surface area contributed by atoms with Crippen molar-refractivity contribution in [2.24, 2.45) is 0 Å². The van der Waals surface area contributed by atoms with Crippen LogP contribution in [0.5, 0.6) is 0 Å². The lowest BCUT2D eigenvalue weighted by atomic mass is 10.1. The number of benzene rings is 2. The van der Waals surface area contributed by atoms with Crippen molar-refractivity contribution in [3.05, 3.63) is 64.7 Å². The van der Waals surface area contributed by atoms with Gasteiger partial charge in [0.25, 0.3) is 0 Å². The third-order valence-corrected chi connectivity index (χ3v) is 6.05. The normalized spacial score (nSPS) is 17.7. The number of carbonyl (C=O) groups excluding carboxylic acids is 1. The van der Waals surface area contributed by atoms with E-state index in [1.807, 2.05) is 6.07 Å². The maximum Gasteiger partial charge on any atom is 0.234 e. The van der Waals surface area contributed by atoms with Crippen molar-refractivity contribution in [2.75, 3.05) is 13.1 Å². The van der Waals surface area contributed by atoms with Crippen molar-refractivity contribution in [1.29, 1.82) is 0 Å². The summed E-state index contributed by atoms with van der Waals surface area (Å²) in [6.07, 6.45) is 2.19. The second-order valence-corrected chi connectivity index (χ2v) is 7.97.